The first kappa shape index (κ1) is 10.8. The molecule has 3 N–H and O–H groups in total. The van der Waals surface area contributed by atoms with Crippen molar-refractivity contribution in [3.8, 4) is 0 Å². The molecule has 2 aromatic rings. The molecule has 3 nitrogen and oxygen atoms in total. The Morgan fingerprint density at radius 2 is 2.12 bits per heavy atom. The van der Waals surface area contributed by atoms with Gasteiger partial charge in [0.15, 0.2) is 0 Å². The zero-order valence-corrected chi connectivity index (χ0v) is 10.5. The highest BCUT2D eigenvalue weighted by atomic mass is 15.1. The van der Waals surface area contributed by atoms with Gasteiger partial charge in [-0.05, 0) is 51.2 Å². The van der Waals surface area contributed by atoms with Gasteiger partial charge >= 0.3 is 0 Å². The fourth-order valence-electron chi connectivity index (χ4n) is 2.50. The summed E-state index contributed by atoms with van der Waals surface area (Å²) in [7, 11) is 0. The van der Waals surface area contributed by atoms with E-state index < -0.39 is 0 Å². The van der Waals surface area contributed by atoms with Crippen LogP contribution in [0.1, 0.15) is 36.1 Å². The summed E-state index contributed by atoms with van der Waals surface area (Å²) in [5.41, 5.74) is 11.1. The number of hydrogen-bond acceptors (Lipinski definition) is 2. The van der Waals surface area contributed by atoms with Gasteiger partial charge in [-0.15, -0.1) is 0 Å². The van der Waals surface area contributed by atoms with Crippen molar-refractivity contribution in [3.05, 3.63) is 29.0 Å². The van der Waals surface area contributed by atoms with E-state index in [1.54, 1.807) is 0 Å². The Kier molecular flexibility index (Phi) is 2.26. The Labute approximate surface area is 101 Å². The molecule has 1 aliphatic carbocycles. The maximum Gasteiger partial charge on any atom is 0.0953 e. The molecular formula is C14H19N3. The molecule has 0 spiro atoms. The first-order valence-electron chi connectivity index (χ1n) is 6.30. The number of nitrogens with two attached hydrogens (primary N) is 1. The number of hydrogen-bond donors (Lipinski definition) is 2. The molecule has 0 unspecified atom stereocenters. The lowest BCUT2D eigenvalue weighted by atomic mass is 10.0. The SMILES string of the molecule is Cc1cc(C)c2n[nH]c(CCC3(N)CC3)c2c1. The summed E-state index contributed by atoms with van der Waals surface area (Å²) in [5.74, 6) is 0. The normalized spacial score (nSPS) is 17.6. The van der Waals surface area contributed by atoms with E-state index in [0.717, 1.165) is 18.4 Å². The molecule has 1 aliphatic rings. The Bertz CT molecular complexity index is 564. The van der Waals surface area contributed by atoms with Gasteiger partial charge in [0.05, 0.1) is 5.52 Å². The molecule has 0 atom stereocenters. The average Bonchev–Trinajstić information content (AvgIpc) is 2.86. The molecule has 1 aromatic heterocycles. The quantitative estimate of drug-likeness (QED) is 0.850. The Morgan fingerprint density at radius 3 is 2.82 bits per heavy atom. The van der Waals surface area contributed by atoms with Crippen molar-refractivity contribution in [2.24, 2.45) is 5.73 Å². The van der Waals surface area contributed by atoms with Gasteiger partial charge in [0, 0.05) is 16.6 Å². The summed E-state index contributed by atoms with van der Waals surface area (Å²) < 4.78 is 0. The molecule has 0 amide bonds. The van der Waals surface area contributed by atoms with Crippen molar-refractivity contribution in [2.75, 3.05) is 0 Å². The van der Waals surface area contributed by atoms with Crippen LogP contribution in [0, 0.1) is 13.8 Å². The van der Waals surface area contributed by atoms with Crippen LogP contribution < -0.4 is 5.73 Å². The molecule has 1 fully saturated rings. The van der Waals surface area contributed by atoms with E-state index >= 15 is 0 Å². The van der Waals surface area contributed by atoms with Crippen LogP contribution in [-0.2, 0) is 6.42 Å². The van der Waals surface area contributed by atoms with Crippen LogP contribution in [0.3, 0.4) is 0 Å². The molecule has 0 bridgehead atoms. The van der Waals surface area contributed by atoms with Crippen molar-refractivity contribution < 1.29 is 0 Å². The number of aryl methyl sites for hydroxylation is 3. The summed E-state index contributed by atoms with van der Waals surface area (Å²) >= 11 is 0. The highest BCUT2D eigenvalue weighted by Crippen LogP contribution is 2.37. The largest absolute Gasteiger partial charge is 0.325 e. The summed E-state index contributed by atoms with van der Waals surface area (Å²) in [5, 5.41) is 8.86. The third-order valence-electron chi connectivity index (χ3n) is 3.84. The minimum atomic E-state index is 0.121. The van der Waals surface area contributed by atoms with Gasteiger partial charge in [0.1, 0.15) is 0 Å². The van der Waals surface area contributed by atoms with E-state index in [4.69, 9.17) is 5.73 Å². The zero-order chi connectivity index (χ0) is 12.0. The molecule has 0 aliphatic heterocycles. The molecule has 0 radical (unpaired) electrons. The molecule has 90 valence electrons. The molecule has 3 rings (SSSR count). The average molecular weight is 229 g/mol. The van der Waals surface area contributed by atoms with E-state index in [0.29, 0.717) is 0 Å². The minimum absolute atomic E-state index is 0.121. The van der Waals surface area contributed by atoms with Crippen LogP contribution in [-0.4, -0.2) is 15.7 Å². The van der Waals surface area contributed by atoms with Crippen LogP contribution >= 0.6 is 0 Å². The Morgan fingerprint density at radius 1 is 1.35 bits per heavy atom. The topological polar surface area (TPSA) is 54.7 Å². The number of H-pyrrole nitrogens is 1. The Balaban J connectivity index is 1.93. The second-order valence-corrected chi connectivity index (χ2v) is 5.54. The zero-order valence-electron chi connectivity index (χ0n) is 10.5. The fourth-order valence-corrected chi connectivity index (χ4v) is 2.50. The van der Waals surface area contributed by atoms with Crippen molar-refractivity contribution >= 4 is 10.9 Å². The highest BCUT2D eigenvalue weighted by Gasteiger charge is 2.37. The number of nitrogens with zero attached hydrogens (tertiary/aromatic N) is 1. The van der Waals surface area contributed by atoms with Crippen molar-refractivity contribution in [1.82, 2.24) is 10.2 Å². The van der Waals surface area contributed by atoms with Crippen LogP contribution in [0.4, 0.5) is 0 Å². The first-order chi connectivity index (χ1) is 8.07. The van der Waals surface area contributed by atoms with Crippen LogP contribution in [0.15, 0.2) is 12.1 Å². The van der Waals surface area contributed by atoms with Gasteiger partial charge in [-0.3, -0.25) is 5.10 Å². The van der Waals surface area contributed by atoms with E-state index in [9.17, 15) is 0 Å². The minimum Gasteiger partial charge on any atom is -0.325 e. The third-order valence-corrected chi connectivity index (χ3v) is 3.84. The predicted molar refractivity (Wildman–Crippen MR) is 70.0 cm³/mol. The number of benzene rings is 1. The highest BCUT2D eigenvalue weighted by molar-refractivity contribution is 5.85. The van der Waals surface area contributed by atoms with Crippen molar-refractivity contribution in [1.29, 1.82) is 0 Å². The molecule has 0 saturated heterocycles. The van der Waals surface area contributed by atoms with E-state index in [2.05, 4.69) is 36.2 Å². The monoisotopic (exact) mass is 229 g/mol. The number of nitrogens with one attached hydrogen (secondary N) is 1. The van der Waals surface area contributed by atoms with Gasteiger partial charge in [-0.2, -0.15) is 5.10 Å². The second kappa shape index (κ2) is 3.57. The second-order valence-electron chi connectivity index (χ2n) is 5.54. The lowest BCUT2D eigenvalue weighted by Gasteiger charge is -2.07. The summed E-state index contributed by atoms with van der Waals surface area (Å²) in [6.45, 7) is 4.25. The van der Waals surface area contributed by atoms with Crippen LogP contribution in [0.2, 0.25) is 0 Å². The maximum atomic E-state index is 6.13. The van der Waals surface area contributed by atoms with Crippen molar-refractivity contribution in [2.45, 2.75) is 45.1 Å². The van der Waals surface area contributed by atoms with E-state index in [1.807, 2.05) is 0 Å². The summed E-state index contributed by atoms with van der Waals surface area (Å²) in [6.07, 6.45) is 4.43. The standard InChI is InChI=1S/C14H19N3/c1-9-7-10(2)13-11(8-9)12(16-17-13)3-4-14(15)5-6-14/h7-8H,3-6,15H2,1-2H3,(H,16,17). The number of aromatic nitrogens is 2. The molecule has 1 heterocycles. The lowest BCUT2D eigenvalue weighted by molar-refractivity contribution is 0.604. The van der Waals surface area contributed by atoms with Gasteiger partial charge < -0.3 is 5.73 Å². The maximum absolute atomic E-state index is 6.13. The van der Waals surface area contributed by atoms with Gasteiger partial charge in [0.2, 0.25) is 0 Å². The molecule has 3 heteroatoms. The molecular weight excluding hydrogens is 210 g/mol. The summed E-state index contributed by atoms with van der Waals surface area (Å²) in [4.78, 5) is 0. The number of aromatic amines is 1. The number of rotatable bonds is 3. The van der Waals surface area contributed by atoms with E-state index in [-0.39, 0.29) is 5.54 Å². The first-order valence-corrected chi connectivity index (χ1v) is 6.30. The van der Waals surface area contributed by atoms with Crippen molar-refractivity contribution in [3.63, 3.8) is 0 Å². The lowest BCUT2D eigenvalue weighted by Crippen LogP contribution is -2.22. The third kappa shape index (κ3) is 1.95. The molecule has 1 saturated carbocycles. The summed E-state index contributed by atoms with van der Waals surface area (Å²) in [6, 6.07) is 4.40. The van der Waals surface area contributed by atoms with Gasteiger partial charge in [0.25, 0.3) is 0 Å². The van der Waals surface area contributed by atoms with Gasteiger partial charge in [-0.25, -0.2) is 0 Å². The van der Waals surface area contributed by atoms with Gasteiger partial charge in [-0.1, -0.05) is 11.6 Å². The van der Waals surface area contributed by atoms with Crippen LogP contribution in [0.5, 0.6) is 0 Å². The number of fused-ring (bicyclic) bond motifs is 1. The van der Waals surface area contributed by atoms with E-state index in [1.165, 1.54) is 35.0 Å². The van der Waals surface area contributed by atoms with Crippen LogP contribution in [0.25, 0.3) is 10.9 Å². The smallest absolute Gasteiger partial charge is 0.0953 e. The fraction of sp³-hybridized carbons (Fsp3) is 0.500. The molecule has 17 heavy (non-hydrogen) atoms. The Hall–Kier alpha value is -1.35. The predicted octanol–water partition coefficient (Wildman–Crippen LogP) is 2.60. The molecule has 1 aromatic carbocycles.